The number of benzene rings is 2. The van der Waals surface area contributed by atoms with Crippen LogP contribution in [0.5, 0.6) is 5.75 Å². The summed E-state index contributed by atoms with van der Waals surface area (Å²) >= 11 is 0. The first kappa shape index (κ1) is 10.7. The van der Waals surface area contributed by atoms with E-state index >= 15 is 0 Å². The first-order chi connectivity index (χ1) is 7.83. The van der Waals surface area contributed by atoms with Gasteiger partial charge in [-0.1, -0.05) is 55.5 Å². The van der Waals surface area contributed by atoms with Gasteiger partial charge in [-0.15, -0.1) is 0 Å². The lowest BCUT2D eigenvalue weighted by Crippen LogP contribution is -1.98. The van der Waals surface area contributed by atoms with Crippen LogP contribution in [0.3, 0.4) is 0 Å². The van der Waals surface area contributed by atoms with Crippen molar-refractivity contribution < 1.29 is 4.74 Å². The van der Waals surface area contributed by atoms with Crippen LogP contribution in [0, 0.1) is 0 Å². The van der Waals surface area contributed by atoms with Gasteiger partial charge in [0.15, 0.2) is 0 Å². The summed E-state index contributed by atoms with van der Waals surface area (Å²) in [7, 11) is 1.72. The molecule has 0 radical (unpaired) electrons. The lowest BCUT2D eigenvalue weighted by atomic mass is 9.92. The number of para-hydroxylation sites is 1. The van der Waals surface area contributed by atoms with Gasteiger partial charge in [0, 0.05) is 11.5 Å². The van der Waals surface area contributed by atoms with Gasteiger partial charge in [-0.05, 0) is 11.6 Å². The number of ether oxygens (including phenoxy) is 1. The summed E-state index contributed by atoms with van der Waals surface area (Å²) in [5.74, 6) is 1.32. The van der Waals surface area contributed by atoms with Crippen molar-refractivity contribution in [2.75, 3.05) is 7.11 Å². The maximum absolute atomic E-state index is 5.39. The Kier molecular flexibility index (Phi) is 3.25. The highest BCUT2D eigenvalue weighted by Crippen LogP contribution is 2.30. The summed E-state index contributed by atoms with van der Waals surface area (Å²) in [5, 5.41) is 0. The van der Waals surface area contributed by atoms with Gasteiger partial charge < -0.3 is 4.74 Å². The first-order valence-corrected chi connectivity index (χ1v) is 5.51. The summed E-state index contributed by atoms with van der Waals surface area (Å²) < 4.78 is 5.39. The predicted octanol–water partition coefficient (Wildman–Crippen LogP) is 3.85. The lowest BCUT2D eigenvalue weighted by Gasteiger charge is -2.15. The Bertz CT molecular complexity index is 448. The van der Waals surface area contributed by atoms with Crippen molar-refractivity contribution in [1.82, 2.24) is 0 Å². The van der Waals surface area contributed by atoms with E-state index in [0.29, 0.717) is 5.92 Å². The van der Waals surface area contributed by atoms with Gasteiger partial charge in [-0.2, -0.15) is 0 Å². The molecule has 16 heavy (non-hydrogen) atoms. The van der Waals surface area contributed by atoms with Gasteiger partial charge in [0.25, 0.3) is 0 Å². The van der Waals surface area contributed by atoms with E-state index in [1.54, 1.807) is 7.11 Å². The average molecular weight is 212 g/mol. The molecular formula is C15H16O. The molecule has 0 aromatic heterocycles. The van der Waals surface area contributed by atoms with Gasteiger partial charge in [0.1, 0.15) is 5.75 Å². The van der Waals surface area contributed by atoms with Crippen molar-refractivity contribution in [2.45, 2.75) is 12.8 Å². The molecule has 0 heterocycles. The minimum Gasteiger partial charge on any atom is -0.496 e. The molecule has 2 aromatic rings. The van der Waals surface area contributed by atoms with E-state index in [4.69, 9.17) is 4.74 Å². The molecule has 0 bridgehead atoms. The van der Waals surface area contributed by atoms with Crippen LogP contribution in [0.1, 0.15) is 24.0 Å². The van der Waals surface area contributed by atoms with Crippen LogP contribution in [-0.2, 0) is 0 Å². The molecule has 2 rings (SSSR count). The molecular weight excluding hydrogens is 196 g/mol. The summed E-state index contributed by atoms with van der Waals surface area (Å²) in [6.07, 6.45) is 0. The minimum atomic E-state index is 0.359. The number of rotatable bonds is 3. The van der Waals surface area contributed by atoms with Gasteiger partial charge in [0.2, 0.25) is 0 Å². The molecule has 0 aliphatic heterocycles. The van der Waals surface area contributed by atoms with Gasteiger partial charge in [-0.3, -0.25) is 0 Å². The van der Waals surface area contributed by atoms with Crippen LogP contribution >= 0.6 is 0 Å². The molecule has 0 N–H and O–H groups in total. The second kappa shape index (κ2) is 4.84. The van der Waals surface area contributed by atoms with Gasteiger partial charge in [-0.25, -0.2) is 0 Å². The molecule has 0 spiro atoms. The molecule has 0 unspecified atom stereocenters. The fourth-order valence-corrected chi connectivity index (χ4v) is 1.95. The van der Waals surface area contributed by atoms with Crippen LogP contribution in [0.4, 0.5) is 0 Å². The number of methoxy groups -OCH3 is 1. The summed E-state index contributed by atoms with van der Waals surface area (Å²) in [6.45, 7) is 2.20. The zero-order valence-electron chi connectivity index (χ0n) is 9.68. The van der Waals surface area contributed by atoms with Crippen molar-refractivity contribution in [3.8, 4) is 5.75 Å². The third-order valence-corrected chi connectivity index (χ3v) is 2.91. The van der Waals surface area contributed by atoms with Crippen molar-refractivity contribution in [1.29, 1.82) is 0 Å². The highest BCUT2D eigenvalue weighted by Gasteiger charge is 2.11. The maximum Gasteiger partial charge on any atom is 0.122 e. The smallest absolute Gasteiger partial charge is 0.122 e. The maximum atomic E-state index is 5.39. The van der Waals surface area contributed by atoms with Crippen LogP contribution in [-0.4, -0.2) is 7.11 Å². The number of hydrogen-bond donors (Lipinski definition) is 0. The van der Waals surface area contributed by atoms with Crippen LogP contribution in [0.15, 0.2) is 54.6 Å². The van der Waals surface area contributed by atoms with Crippen molar-refractivity contribution in [2.24, 2.45) is 0 Å². The Labute approximate surface area is 96.7 Å². The van der Waals surface area contributed by atoms with E-state index in [-0.39, 0.29) is 0 Å². The Balaban J connectivity index is 2.37. The molecule has 1 heteroatoms. The van der Waals surface area contributed by atoms with E-state index in [1.807, 2.05) is 18.2 Å². The second-order valence-electron chi connectivity index (χ2n) is 3.87. The molecule has 0 amide bonds. The zero-order valence-corrected chi connectivity index (χ0v) is 9.68. The second-order valence-corrected chi connectivity index (χ2v) is 3.87. The van der Waals surface area contributed by atoms with Crippen molar-refractivity contribution in [3.63, 3.8) is 0 Å². The zero-order chi connectivity index (χ0) is 11.4. The predicted molar refractivity (Wildman–Crippen MR) is 67.0 cm³/mol. The molecule has 0 aliphatic rings. The normalized spacial score (nSPS) is 12.1. The largest absolute Gasteiger partial charge is 0.496 e. The molecule has 0 aliphatic carbocycles. The Morgan fingerprint density at radius 3 is 2.19 bits per heavy atom. The van der Waals surface area contributed by atoms with Crippen molar-refractivity contribution >= 4 is 0 Å². The average Bonchev–Trinajstić information content (AvgIpc) is 2.39. The van der Waals surface area contributed by atoms with E-state index in [1.165, 1.54) is 11.1 Å². The fraction of sp³-hybridized carbons (Fsp3) is 0.200. The Morgan fingerprint density at radius 2 is 1.50 bits per heavy atom. The first-order valence-electron chi connectivity index (χ1n) is 5.51. The van der Waals surface area contributed by atoms with Crippen molar-refractivity contribution in [3.05, 3.63) is 65.7 Å². The topological polar surface area (TPSA) is 9.23 Å². The van der Waals surface area contributed by atoms with Crippen LogP contribution in [0.25, 0.3) is 0 Å². The standard InChI is InChI=1S/C15H16O/c1-12(13-8-4-3-5-9-13)14-10-6-7-11-15(14)16-2/h3-12H,1-2H3/t12-/m1/s1. The van der Waals surface area contributed by atoms with Crippen LogP contribution < -0.4 is 4.74 Å². The molecule has 1 nitrogen and oxygen atoms in total. The van der Waals surface area contributed by atoms with E-state index in [2.05, 4.69) is 43.3 Å². The summed E-state index contributed by atoms with van der Waals surface area (Å²) in [6, 6.07) is 18.7. The van der Waals surface area contributed by atoms with E-state index < -0.39 is 0 Å². The third-order valence-electron chi connectivity index (χ3n) is 2.91. The Morgan fingerprint density at radius 1 is 0.875 bits per heavy atom. The van der Waals surface area contributed by atoms with E-state index in [0.717, 1.165) is 5.75 Å². The summed E-state index contributed by atoms with van der Waals surface area (Å²) in [5.41, 5.74) is 2.54. The SMILES string of the molecule is COc1ccccc1[C@H](C)c1ccccc1. The minimum absolute atomic E-state index is 0.359. The monoisotopic (exact) mass is 212 g/mol. The fourth-order valence-electron chi connectivity index (χ4n) is 1.95. The highest BCUT2D eigenvalue weighted by atomic mass is 16.5. The van der Waals surface area contributed by atoms with Gasteiger partial charge in [0.05, 0.1) is 7.11 Å². The molecule has 0 fully saturated rings. The highest BCUT2D eigenvalue weighted by molar-refractivity contribution is 5.41. The molecule has 2 aromatic carbocycles. The lowest BCUT2D eigenvalue weighted by molar-refractivity contribution is 0.408. The quantitative estimate of drug-likeness (QED) is 0.751. The Hall–Kier alpha value is -1.76. The van der Waals surface area contributed by atoms with Crippen LogP contribution in [0.2, 0.25) is 0 Å². The molecule has 82 valence electrons. The molecule has 1 atom stereocenters. The molecule has 0 saturated carbocycles. The third kappa shape index (κ3) is 2.08. The molecule has 0 saturated heterocycles. The summed E-state index contributed by atoms with van der Waals surface area (Å²) in [4.78, 5) is 0. The van der Waals surface area contributed by atoms with E-state index in [9.17, 15) is 0 Å². The van der Waals surface area contributed by atoms with Gasteiger partial charge >= 0.3 is 0 Å². The number of hydrogen-bond acceptors (Lipinski definition) is 1.